The number of amides is 1. The molecular formula is C9H9FN2O5. The molecule has 2 N–H and O–H groups in total. The van der Waals surface area contributed by atoms with E-state index in [1.807, 2.05) is 5.32 Å². The van der Waals surface area contributed by atoms with Crippen LogP contribution < -0.4 is 5.32 Å². The molecule has 0 bridgehead atoms. The number of nitro groups is 1. The molecule has 0 unspecified atom stereocenters. The van der Waals surface area contributed by atoms with Gasteiger partial charge in [-0.25, -0.2) is 9.18 Å². The van der Waals surface area contributed by atoms with Crippen LogP contribution in [0.25, 0.3) is 0 Å². The molecule has 7 nitrogen and oxygen atoms in total. The number of aliphatic hydroxyl groups is 1. The predicted molar refractivity (Wildman–Crippen MR) is 55.1 cm³/mol. The second-order valence-corrected chi connectivity index (χ2v) is 2.90. The minimum absolute atomic E-state index is 0.255. The molecule has 0 radical (unpaired) electrons. The first-order valence-corrected chi connectivity index (χ1v) is 4.53. The zero-order valence-electron chi connectivity index (χ0n) is 8.55. The molecule has 1 aromatic carbocycles. The van der Waals surface area contributed by atoms with Crippen LogP contribution in [0.3, 0.4) is 0 Å². The van der Waals surface area contributed by atoms with Crippen molar-refractivity contribution in [2.45, 2.75) is 0 Å². The zero-order valence-corrected chi connectivity index (χ0v) is 8.55. The largest absolute Gasteiger partial charge is 0.447 e. The minimum atomic E-state index is -1.01. The van der Waals surface area contributed by atoms with Crippen molar-refractivity contribution in [3.8, 4) is 0 Å². The number of carbonyl (C=O) groups excluding carboxylic acids is 1. The van der Waals surface area contributed by atoms with Gasteiger partial charge in [0.25, 0.3) is 5.69 Å². The number of benzene rings is 1. The lowest BCUT2D eigenvalue weighted by Gasteiger charge is -2.06. The van der Waals surface area contributed by atoms with Crippen LogP contribution in [0.15, 0.2) is 18.2 Å². The van der Waals surface area contributed by atoms with Gasteiger partial charge >= 0.3 is 6.09 Å². The van der Waals surface area contributed by atoms with Crippen molar-refractivity contribution in [2.75, 3.05) is 18.5 Å². The molecule has 0 atom stereocenters. The van der Waals surface area contributed by atoms with E-state index in [0.717, 1.165) is 18.2 Å². The number of rotatable bonds is 4. The maximum absolute atomic E-state index is 12.9. The van der Waals surface area contributed by atoms with Crippen molar-refractivity contribution >= 4 is 17.5 Å². The summed E-state index contributed by atoms with van der Waals surface area (Å²) < 4.78 is 17.3. The third kappa shape index (κ3) is 3.68. The number of anilines is 1. The highest BCUT2D eigenvalue weighted by molar-refractivity contribution is 5.87. The molecule has 8 heteroatoms. The number of nitro benzene ring substituents is 1. The van der Waals surface area contributed by atoms with E-state index in [4.69, 9.17) is 5.11 Å². The summed E-state index contributed by atoms with van der Waals surface area (Å²) in [4.78, 5) is 20.9. The number of carbonyl (C=O) groups is 1. The lowest BCUT2D eigenvalue weighted by molar-refractivity contribution is -0.384. The van der Waals surface area contributed by atoms with Crippen LogP contribution in [-0.2, 0) is 4.74 Å². The number of aliphatic hydroxyl groups excluding tert-OH is 1. The van der Waals surface area contributed by atoms with E-state index < -0.39 is 22.5 Å². The first-order chi connectivity index (χ1) is 8.04. The van der Waals surface area contributed by atoms with Crippen molar-refractivity contribution in [2.24, 2.45) is 0 Å². The SMILES string of the molecule is O=C(Nc1cc(F)ccc1[N+](=O)[O-])OCCO. The quantitative estimate of drug-likeness (QED) is 0.613. The van der Waals surface area contributed by atoms with E-state index in [0.29, 0.717) is 0 Å². The van der Waals surface area contributed by atoms with Crippen LogP contribution in [-0.4, -0.2) is 29.3 Å². The Bertz CT molecular complexity index is 437. The van der Waals surface area contributed by atoms with E-state index in [2.05, 4.69) is 4.74 Å². The van der Waals surface area contributed by atoms with Gasteiger partial charge in [0.1, 0.15) is 18.1 Å². The molecule has 0 aliphatic heterocycles. The fourth-order valence-electron chi connectivity index (χ4n) is 1.05. The fourth-order valence-corrected chi connectivity index (χ4v) is 1.05. The van der Waals surface area contributed by atoms with E-state index in [1.165, 1.54) is 0 Å². The normalized spacial score (nSPS) is 9.76. The minimum Gasteiger partial charge on any atom is -0.447 e. The van der Waals surface area contributed by atoms with Crippen LogP contribution >= 0.6 is 0 Å². The maximum atomic E-state index is 12.9. The van der Waals surface area contributed by atoms with Crippen LogP contribution in [0, 0.1) is 15.9 Å². The number of ether oxygens (including phenoxy) is 1. The summed E-state index contributed by atoms with van der Waals surface area (Å²) >= 11 is 0. The van der Waals surface area contributed by atoms with Crippen LogP contribution in [0.5, 0.6) is 0 Å². The number of hydrogen-bond acceptors (Lipinski definition) is 5. The first kappa shape index (κ1) is 12.8. The zero-order chi connectivity index (χ0) is 12.8. The summed E-state index contributed by atoms with van der Waals surface area (Å²) in [5, 5.41) is 21.0. The molecule has 0 fully saturated rings. The van der Waals surface area contributed by atoms with Gasteiger partial charge in [-0.15, -0.1) is 0 Å². The molecule has 0 saturated heterocycles. The Morgan fingerprint density at radius 3 is 2.88 bits per heavy atom. The molecule has 92 valence electrons. The van der Waals surface area contributed by atoms with Gasteiger partial charge < -0.3 is 9.84 Å². The molecule has 1 rings (SSSR count). The average Bonchev–Trinajstić information content (AvgIpc) is 2.26. The van der Waals surface area contributed by atoms with Gasteiger partial charge in [0.2, 0.25) is 0 Å². The van der Waals surface area contributed by atoms with Crippen molar-refractivity contribution in [3.05, 3.63) is 34.1 Å². The van der Waals surface area contributed by atoms with E-state index in [-0.39, 0.29) is 18.9 Å². The summed E-state index contributed by atoms with van der Waals surface area (Å²) in [5.41, 5.74) is -0.759. The highest BCUT2D eigenvalue weighted by Crippen LogP contribution is 2.24. The third-order valence-electron chi connectivity index (χ3n) is 1.72. The standard InChI is InChI=1S/C9H9FN2O5/c10-6-1-2-8(12(15)16)7(5-6)11-9(14)17-4-3-13/h1-2,5,13H,3-4H2,(H,11,14). The molecular weight excluding hydrogens is 235 g/mol. The number of hydrogen-bond donors (Lipinski definition) is 2. The Morgan fingerprint density at radius 2 is 2.29 bits per heavy atom. The van der Waals surface area contributed by atoms with Crippen molar-refractivity contribution < 1.29 is 24.0 Å². The van der Waals surface area contributed by atoms with E-state index in [9.17, 15) is 19.3 Å². The lowest BCUT2D eigenvalue weighted by atomic mass is 10.2. The summed E-state index contributed by atoms with van der Waals surface area (Å²) in [6.45, 7) is -0.631. The molecule has 17 heavy (non-hydrogen) atoms. The van der Waals surface area contributed by atoms with Gasteiger partial charge in [-0.2, -0.15) is 0 Å². The van der Waals surface area contributed by atoms with Gasteiger partial charge in [-0.05, 0) is 6.07 Å². The third-order valence-corrected chi connectivity index (χ3v) is 1.72. The molecule has 0 saturated carbocycles. The second-order valence-electron chi connectivity index (χ2n) is 2.90. The van der Waals surface area contributed by atoms with Crippen molar-refractivity contribution in [1.82, 2.24) is 0 Å². The van der Waals surface area contributed by atoms with E-state index >= 15 is 0 Å². The number of halogens is 1. The van der Waals surface area contributed by atoms with E-state index in [1.54, 1.807) is 0 Å². The second kappa shape index (κ2) is 5.75. The van der Waals surface area contributed by atoms with Crippen LogP contribution in [0.4, 0.5) is 20.6 Å². The molecule has 0 heterocycles. The molecule has 0 aromatic heterocycles. The summed E-state index contributed by atoms with van der Waals surface area (Å²) in [7, 11) is 0. The Morgan fingerprint density at radius 1 is 1.59 bits per heavy atom. The highest BCUT2D eigenvalue weighted by atomic mass is 19.1. The molecule has 0 aliphatic rings. The van der Waals surface area contributed by atoms with Gasteiger partial charge in [-0.3, -0.25) is 15.4 Å². The Balaban J connectivity index is 2.85. The molecule has 1 aromatic rings. The Kier molecular flexibility index (Phi) is 4.35. The predicted octanol–water partition coefficient (Wildman–Crippen LogP) is 1.27. The fraction of sp³-hybridized carbons (Fsp3) is 0.222. The molecule has 0 spiro atoms. The lowest BCUT2D eigenvalue weighted by Crippen LogP contribution is -2.16. The molecule has 0 aliphatic carbocycles. The summed E-state index contributed by atoms with van der Waals surface area (Å²) in [5.74, 6) is -0.729. The average molecular weight is 244 g/mol. The van der Waals surface area contributed by atoms with Gasteiger partial charge in [0, 0.05) is 12.1 Å². The number of nitrogens with zero attached hydrogens (tertiary/aromatic N) is 1. The van der Waals surface area contributed by atoms with Gasteiger partial charge in [-0.1, -0.05) is 0 Å². The van der Waals surface area contributed by atoms with Crippen molar-refractivity contribution in [1.29, 1.82) is 0 Å². The van der Waals surface area contributed by atoms with Crippen molar-refractivity contribution in [3.63, 3.8) is 0 Å². The first-order valence-electron chi connectivity index (χ1n) is 4.53. The van der Waals surface area contributed by atoms with Gasteiger partial charge in [0.15, 0.2) is 0 Å². The topological polar surface area (TPSA) is 102 Å². The smallest absolute Gasteiger partial charge is 0.411 e. The Hall–Kier alpha value is -2.22. The highest BCUT2D eigenvalue weighted by Gasteiger charge is 2.16. The summed E-state index contributed by atoms with van der Waals surface area (Å²) in [6.07, 6.45) is -1.01. The monoisotopic (exact) mass is 244 g/mol. The van der Waals surface area contributed by atoms with Gasteiger partial charge in [0.05, 0.1) is 11.5 Å². The van der Waals surface area contributed by atoms with Crippen LogP contribution in [0.1, 0.15) is 0 Å². The summed E-state index contributed by atoms with van der Waals surface area (Å²) in [6, 6.07) is 2.64. The van der Waals surface area contributed by atoms with Crippen LogP contribution in [0.2, 0.25) is 0 Å². The molecule has 1 amide bonds. The Labute approximate surface area is 95.0 Å². The maximum Gasteiger partial charge on any atom is 0.411 e. The number of nitrogens with one attached hydrogen (secondary N) is 1.